The first-order chi connectivity index (χ1) is 6.37. The van der Waals surface area contributed by atoms with E-state index in [0.29, 0.717) is 0 Å². The van der Waals surface area contributed by atoms with Gasteiger partial charge < -0.3 is 9.84 Å². The Labute approximate surface area is 81.1 Å². The van der Waals surface area contributed by atoms with E-state index in [4.69, 9.17) is 5.11 Å². The number of rotatable bonds is 6. The van der Waals surface area contributed by atoms with E-state index >= 15 is 0 Å². The molecular weight excluding hydrogens is 214 g/mol. The lowest BCUT2D eigenvalue weighted by Gasteiger charge is -2.02. The first kappa shape index (κ1) is 12.8. The maximum atomic E-state index is 11.0. The molecule has 0 atom stereocenters. The molecule has 0 aliphatic heterocycles. The molecule has 0 spiro atoms. The summed E-state index contributed by atoms with van der Waals surface area (Å²) in [5, 5.41) is 8.18. The first-order valence-corrected chi connectivity index (χ1v) is 5.28. The number of ether oxygens (including phenoxy) is 1. The van der Waals surface area contributed by atoms with Crippen molar-refractivity contribution in [3.63, 3.8) is 0 Å². The summed E-state index contributed by atoms with van der Waals surface area (Å²) in [4.78, 5) is 20.6. The van der Waals surface area contributed by atoms with Crippen LogP contribution in [0.5, 0.6) is 0 Å². The third-order valence-corrected chi connectivity index (χ3v) is 2.57. The molecule has 0 amide bonds. The largest absolute Gasteiger partial charge is 0.480 e. The Morgan fingerprint density at radius 1 is 1.43 bits per heavy atom. The summed E-state index contributed by atoms with van der Waals surface area (Å²) in [6.07, 6.45) is -0.300. The fourth-order valence-corrected chi connectivity index (χ4v) is 1.49. The second-order valence-electron chi connectivity index (χ2n) is 2.36. The van der Waals surface area contributed by atoms with Gasteiger partial charge in [-0.1, -0.05) is 0 Å². The number of methoxy groups -OCH3 is 1. The van der Waals surface area contributed by atoms with Gasteiger partial charge in [0.15, 0.2) is 0 Å². The van der Waals surface area contributed by atoms with Crippen molar-refractivity contribution in [1.29, 1.82) is 0 Å². The minimum absolute atomic E-state index is 0.300. The molecule has 0 bridgehead atoms. The van der Waals surface area contributed by atoms with Crippen LogP contribution in [0.2, 0.25) is 0 Å². The monoisotopic (exact) mass is 225 g/mol. The lowest BCUT2D eigenvalue weighted by atomic mass is 10.5. The minimum Gasteiger partial charge on any atom is -0.480 e. The highest BCUT2D eigenvalue weighted by Crippen LogP contribution is 1.91. The Bertz CT molecular complexity index is 308. The van der Waals surface area contributed by atoms with Gasteiger partial charge in [0, 0.05) is 0 Å². The van der Waals surface area contributed by atoms with Gasteiger partial charge in [-0.2, -0.15) is 0 Å². The van der Waals surface area contributed by atoms with E-state index in [-0.39, 0.29) is 6.42 Å². The van der Waals surface area contributed by atoms with Gasteiger partial charge in [-0.3, -0.25) is 9.59 Å². The number of carbonyl (C=O) groups is 2. The molecule has 2 N–H and O–H groups in total. The molecule has 0 unspecified atom stereocenters. The van der Waals surface area contributed by atoms with Crippen LogP contribution in [0.1, 0.15) is 6.42 Å². The molecule has 0 saturated heterocycles. The highest BCUT2D eigenvalue weighted by atomic mass is 32.2. The second kappa shape index (κ2) is 5.55. The van der Waals surface area contributed by atoms with Crippen LogP contribution in [0.3, 0.4) is 0 Å². The van der Waals surface area contributed by atoms with E-state index in [1.807, 2.05) is 0 Å². The number of carbonyl (C=O) groups excluding carboxylic acids is 1. The summed E-state index contributed by atoms with van der Waals surface area (Å²) in [6, 6.07) is 0. The zero-order chi connectivity index (χ0) is 11.2. The summed E-state index contributed by atoms with van der Waals surface area (Å²) < 4.78 is 28.0. The molecule has 0 rings (SSSR count). The summed E-state index contributed by atoms with van der Waals surface area (Å²) in [7, 11) is -2.57. The summed E-state index contributed by atoms with van der Waals surface area (Å²) in [5.41, 5.74) is 0. The summed E-state index contributed by atoms with van der Waals surface area (Å²) in [6.45, 7) is -0.691. The number of sulfonamides is 1. The summed E-state index contributed by atoms with van der Waals surface area (Å²) >= 11 is 0. The molecule has 0 heterocycles. The van der Waals surface area contributed by atoms with Gasteiger partial charge in [0.05, 0.1) is 19.3 Å². The Hall–Kier alpha value is -1.15. The molecule has 0 fully saturated rings. The van der Waals surface area contributed by atoms with Crippen molar-refractivity contribution in [3.8, 4) is 0 Å². The smallest absolute Gasteiger partial charge is 0.318 e. The average molecular weight is 225 g/mol. The highest BCUT2D eigenvalue weighted by Gasteiger charge is 2.14. The molecule has 0 aliphatic carbocycles. The quantitative estimate of drug-likeness (QED) is 0.535. The SMILES string of the molecule is COC(=O)CCS(=O)(=O)NCC(=O)O. The van der Waals surface area contributed by atoms with Crippen molar-refractivity contribution in [2.24, 2.45) is 0 Å². The molecule has 8 heteroatoms. The molecule has 0 aromatic heterocycles. The summed E-state index contributed by atoms with van der Waals surface area (Å²) in [5.74, 6) is -2.43. The molecule has 0 saturated carbocycles. The molecule has 14 heavy (non-hydrogen) atoms. The van der Waals surface area contributed by atoms with Crippen molar-refractivity contribution < 1.29 is 27.9 Å². The van der Waals surface area contributed by atoms with Crippen LogP contribution in [0.4, 0.5) is 0 Å². The van der Waals surface area contributed by atoms with Crippen molar-refractivity contribution in [1.82, 2.24) is 4.72 Å². The minimum atomic E-state index is -3.71. The Kier molecular flexibility index (Phi) is 5.10. The number of aliphatic carboxylic acids is 1. The topological polar surface area (TPSA) is 110 Å². The van der Waals surface area contributed by atoms with Crippen LogP contribution in [0, 0.1) is 0 Å². The van der Waals surface area contributed by atoms with E-state index < -0.39 is 34.3 Å². The fourth-order valence-electron chi connectivity index (χ4n) is 0.564. The van der Waals surface area contributed by atoms with Gasteiger partial charge in [-0.25, -0.2) is 13.1 Å². The maximum absolute atomic E-state index is 11.0. The highest BCUT2D eigenvalue weighted by molar-refractivity contribution is 7.89. The zero-order valence-corrected chi connectivity index (χ0v) is 8.33. The van der Waals surface area contributed by atoms with Crippen LogP contribution >= 0.6 is 0 Å². The van der Waals surface area contributed by atoms with E-state index in [2.05, 4.69) is 4.74 Å². The molecule has 0 aromatic rings. The molecule has 0 aliphatic rings. The van der Waals surface area contributed by atoms with Crippen molar-refractivity contribution in [2.75, 3.05) is 19.4 Å². The zero-order valence-electron chi connectivity index (χ0n) is 7.52. The van der Waals surface area contributed by atoms with Crippen LogP contribution in [0.15, 0.2) is 0 Å². The van der Waals surface area contributed by atoms with Crippen LogP contribution in [-0.2, 0) is 24.3 Å². The van der Waals surface area contributed by atoms with Crippen molar-refractivity contribution in [2.45, 2.75) is 6.42 Å². The molecular formula is C6H11NO6S. The first-order valence-electron chi connectivity index (χ1n) is 3.63. The Balaban J connectivity index is 3.96. The number of hydrogen-bond acceptors (Lipinski definition) is 5. The Morgan fingerprint density at radius 2 is 2.00 bits per heavy atom. The third kappa shape index (κ3) is 6.38. The number of esters is 1. The normalized spacial score (nSPS) is 10.9. The van der Waals surface area contributed by atoms with Gasteiger partial charge >= 0.3 is 11.9 Å². The van der Waals surface area contributed by atoms with Crippen LogP contribution < -0.4 is 4.72 Å². The lowest BCUT2D eigenvalue weighted by Crippen LogP contribution is -2.32. The number of carboxylic acids is 1. The van der Waals surface area contributed by atoms with Gasteiger partial charge in [0.2, 0.25) is 10.0 Å². The van der Waals surface area contributed by atoms with E-state index in [0.717, 1.165) is 7.11 Å². The van der Waals surface area contributed by atoms with Crippen molar-refractivity contribution >= 4 is 22.0 Å². The van der Waals surface area contributed by atoms with Gasteiger partial charge in [0.25, 0.3) is 0 Å². The molecule has 82 valence electrons. The molecule has 0 radical (unpaired) electrons. The number of carboxylic acid groups (broad SMARTS) is 1. The van der Waals surface area contributed by atoms with E-state index in [1.165, 1.54) is 0 Å². The molecule has 0 aromatic carbocycles. The number of hydrogen-bond donors (Lipinski definition) is 2. The van der Waals surface area contributed by atoms with E-state index in [9.17, 15) is 18.0 Å². The predicted molar refractivity (Wildman–Crippen MR) is 46.1 cm³/mol. The predicted octanol–water partition coefficient (Wildman–Crippen LogP) is -1.45. The van der Waals surface area contributed by atoms with Gasteiger partial charge in [-0.05, 0) is 0 Å². The Morgan fingerprint density at radius 3 is 2.43 bits per heavy atom. The molecule has 7 nitrogen and oxygen atoms in total. The third-order valence-electron chi connectivity index (χ3n) is 1.25. The van der Waals surface area contributed by atoms with Gasteiger partial charge in [-0.15, -0.1) is 0 Å². The van der Waals surface area contributed by atoms with E-state index in [1.54, 1.807) is 4.72 Å². The van der Waals surface area contributed by atoms with Crippen LogP contribution in [0.25, 0.3) is 0 Å². The fraction of sp³-hybridized carbons (Fsp3) is 0.667. The van der Waals surface area contributed by atoms with Gasteiger partial charge in [0.1, 0.15) is 6.54 Å². The second-order valence-corrected chi connectivity index (χ2v) is 4.29. The average Bonchev–Trinajstić information content (AvgIpc) is 2.11. The lowest BCUT2D eigenvalue weighted by molar-refractivity contribution is -0.140. The van der Waals surface area contributed by atoms with Crippen LogP contribution in [-0.4, -0.2) is 44.9 Å². The standard InChI is InChI=1S/C6H11NO6S/c1-13-6(10)2-3-14(11,12)7-4-5(8)9/h7H,2-4H2,1H3,(H,8,9). The number of nitrogens with one attached hydrogen (secondary N) is 1. The maximum Gasteiger partial charge on any atom is 0.318 e. The van der Waals surface area contributed by atoms with Crippen molar-refractivity contribution in [3.05, 3.63) is 0 Å².